The molecule has 2 rings (SSSR count). The van der Waals surface area contributed by atoms with Gasteiger partial charge in [0, 0.05) is 5.41 Å². The Bertz CT molecular complexity index is 370. The van der Waals surface area contributed by atoms with Crippen molar-refractivity contribution in [2.45, 2.75) is 76.2 Å². The molecule has 2 fully saturated rings. The van der Waals surface area contributed by atoms with Gasteiger partial charge in [0.1, 0.15) is 9.53 Å². The maximum absolute atomic E-state index is 12.3. The van der Waals surface area contributed by atoms with Gasteiger partial charge in [0.15, 0.2) is 0 Å². The molecule has 0 aliphatic heterocycles. The molecule has 0 aromatic carbocycles. The van der Waals surface area contributed by atoms with Crippen LogP contribution in [-0.4, -0.2) is 15.5 Å². The van der Waals surface area contributed by atoms with Crippen LogP contribution in [0, 0.1) is 23.2 Å². The van der Waals surface area contributed by atoms with E-state index in [1.807, 2.05) is 6.92 Å². The van der Waals surface area contributed by atoms with Gasteiger partial charge in [-0.1, -0.05) is 63.1 Å². The molecule has 2 bridgehead atoms. The molecule has 2 saturated carbocycles. The maximum Gasteiger partial charge on any atom is 0.319 e. The highest BCUT2D eigenvalue weighted by Gasteiger charge is 2.58. The van der Waals surface area contributed by atoms with Crippen LogP contribution in [-0.2, 0) is 9.53 Å². The molecule has 0 aromatic heterocycles. The van der Waals surface area contributed by atoms with E-state index in [0.717, 1.165) is 5.92 Å². The quantitative estimate of drug-likeness (QED) is 0.376. The van der Waals surface area contributed by atoms with Gasteiger partial charge in [0.2, 0.25) is 0 Å². The lowest BCUT2D eigenvalue weighted by Gasteiger charge is -2.58. The van der Waals surface area contributed by atoms with Gasteiger partial charge in [-0.2, -0.15) is 0 Å². The maximum atomic E-state index is 12.3. The molecule has 3 heteroatoms. The summed E-state index contributed by atoms with van der Waals surface area (Å²) in [6, 6.07) is 0. The molecule has 0 N–H and O–H groups in total. The SMILES string of the molecule is CC(I)C(=O)OC1(C(C)(C)C)C(C)CC2CCCC1C2. The Morgan fingerprint density at radius 2 is 1.95 bits per heavy atom. The highest BCUT2D eigenvalue weighted by atomic mass is 127. The zero-order chi connectivity index (χ0) is 15.1. The molecule has 2 nitrogen and oxygen atoms in total. The van der Waals surface area contributed by atoms with E-state index in [-0.39, 0.29) is 20.9 Å². The Balaban J connectivity index is 2.37. The second-order valence-electron chi connectivity index (χ2n) is 7.95. The average Bonchev–Trinajstić information content (AvgIpc) is 2.32. The van der Waals surface area contributed by atoms with Crippen molar-refractivity contribution in [1.29, 1.82) is 0 Å². The molecule has 0 heterocycles. The summed E-state index contributed by atoms with van der Waals surface area (Å²) in [6.45, 7) is 11.0. The van der Waals surface area contributed by atoms with Gasteiger partial charge in [-0.05, 0) is 43.9 Å². The fraction of sp³-hybridized carbons (Fsp3) is 0.941. The van der Waals surface area contributed by atoms with Crippen LogP contribution in [0.2, 0.25) is 0 Å². The highest BCUT2D eigenvalue weighted by Crippen LogP contribution is 2.57. The van der Waals surface area contributed by atoms with Gasteiger partial charge >= 0.3 is 5.97 Å². The molecule has 20 heavy (non-hydrogen) atoms. The Hall–Kier alpha value is 0.200. The van der Waals surface area contributed by atoms with Crippen LogP contribution in [0.5, 0.6) is 0 Å². The van der Waals surface area contributed by atoms with Crippen molar-refractivity contribution in [1.82, 2.24) is 0 Å². The van der Waals surface area contributed by atoms with Crippen molar-refractivity contribution in [3.8, 4) is 0 Å². The van der Waals surface area contributed by atoms with Gasteiger partial charge in [-0.3, -0.25) is 4.79 Å². The van der Waals surface area contributed by atoms with Crippen LogP contribution in [0.1, 0.15) is 66.7 Å². The molecule has 0 radical (unpaired) electrons. The highest BCUT2D eigenvalue weighted by molar-refractivity contribution is 14.1. The summed E-state index contributed by atoms with van der Waals surface area (Å²) in [4.78, 5) is 12.3. The van der Waals surface area contributed by atoms with Gasteiger partial charge in [-0.15, -0.1) is 0 Å². The number of halogens is 1. The third kappa shape index (κ3) is 2.76. The minimum absolute atomic E-state index is 0.000579. The van der Waals surface area contributed by atoms with Crippen LogP contribution in [0.15, 0.2) is 0 Å². The predicted molar refractivity (Wildman–Crippen MR) is 91.0 cm³/mol. The normalized spacial score (nSPS) is 39.2. The molecule has 0 spiro atoms. The lowest BCUT2D eigenvalue weighted by atomic mass is 9.52. The van der Waals surface area contributed by atoms with E-state index < -0.39 is 0 Å². The molecule has 2 aliphatic carbocycles. The van der Waals surface area contributed by atoms with Crippen molar-refractivity contribution < 1.29 is 9.53 Å². The smallest absolute Gasteiger partial charge is 0.319 e. The second kappa shape index (κ2) is 5.77. The van der Waals surface area contributed by atoms with Gasteiger partial charge in [0.25, 0.3) is 0 Å². The fourth-order valence-electron chi connectivity index (χ4n) is 4.91. The molecule has 0 saturated heterocycles. The zero-order valence-corrected chi connectivity index (χ0v) is 15.7. The largest absolute Gasteiger partial charge is 0.457 e. The van der Waals surface area contributed by atoms with Crippen molar-refractivity contribution in [3.05, 3.63) is 0 Å². The average molecular weight is 392 g/mol. The first-order valence-electron chi connectivity index (χ1n) is 8.05. The summed E-state index contributed by atoms with van der Waals surface area (Å²) in [5.41, 5.74) is -0.277. The van der Waals surface area contributed by atoms with Gasteiger partial charge in [-0.25, -0.2) is 0 Å². The second-order valence-corrected chi connectivity index (χ2v) is 9.81. The topological polar surface area (TPSA) is 26.3 Å². The van der Waals surface area contributed by atoms with E-state index in [2.05, 4.69) is 50.3 Å². The van der Waals surface area contributed by atoms with E-state index in [1.165, 1.54) is 32.1 Å². The molecule has 116 valence electrons. The molecule has 5 unspecified atom stereocenters. The third-order valence-electron chi connectivity index (χ3n) is 5.57. The molecular weight excluding hydrogens is 363 g/mol. The Morgan fingerprint density at radius 3 is 2.50 bits per heavy atom. The first-order valence-corrected chi connectivity index (χ1v) is 9.30. The summed E-state index contributed by atoms with van der Waals surface area (Å²) in [6.07, 6.45) is 6.37. The van der Waals surface area contributed by atoms with Crippen LogP contribution in [0.4, 0.5) is 0 Å². The number of hydrogen-bond acceptors (Lipinski definition) is 2. The van der Waals surface area contributed by atoms with Crippen molar-refractivity contribution in [2.24, 2.45) is 23.2 Å². The summed E-state index contributed by atoms with van der Waals surface area (Å²) in [5.74, 6) is 1.83. The Morgan fingerprint density at radius 1 is 1.30 bits per heavy atom. The third-order valence-corrected chi connectivity index (χ3v) is 6.08. The fourth-order valence-corrected chi connectivity index (χ4v) is 5.04. The predicted octanol–water partition coefficient (Wildman–Crippen LogP) is 4.98. The molecule has 0 aromatic rings. The standard InChI is InChI=1S/C17H29IO2/c1-11-9-13-7-6-8-14(10-13)17(11,16(3,4)5)20-15(19)12(2)18/h11-14H,6-10H2,1-5H3. The van der Waals surface area contributed by atoms with Gasteiger partial charge < -0.3 is 4.74 Å². The van der Waals surface area contributed by atoms with E-state index in [1.54, 1.807) is 0 Å². The number of carbonyl (C=O) groups excluding carboxylic acids is 1. The lowest BCUT2D eigenvalue weighted by Crippen LogP contribution is -2.61. The zero-order valence-electron chi connectivity index (χ0n) is 13.5. The monoisotopic (exact) mass is 392 g/mol. The molecule has 0 amide bonds. The number of alkyl halides is 1. The lowest BCUT2D eigenvalue weighted by molar-refractivity contribution is -0.217. The molecule has 5 atom stereocenters. The van der Waals surface area contributed by atoms with Crippen molar-refractivity contribution >= 4 is 28.6 Å². The van der Waals surface area contributed by atoms with Crippen molar-refractivity contribution in [2.75, 3.05) is 0 Å². The van der Waals surface area contributed by atoms with Gasteiger partial charge in [0.05, 0.1) is 0 Å². The minimum atomic E-state index is -0.277. The number of rotatable bonds is 2. The number of esters is 1. The number of hydrogen-bond donors (Lipinski definition) is 0. The number of carbonyl (C=O) groups is 1. The van der Waals surface area contributed by atoms with Crippen LogP contribution in [0.3, 0.4) is 0 Å². The Kier molecular flexibility index (Phi) is 4.78. The van der Waals surface area contributed by atoms with Crippen LogP contribution < -0.4 is 0 Å². The molecule has 2 aliphatic rings. The summed E-state index contributed by atoms with van der Waals surface area (Å²) < 4.78 is 6.19. The Labute approximate surface area is 137 Å². The summed E-state index contributed by atoms with van der Waals surface area (Å²) in [5, 5.41) is 0. The van der Waals surface area contributed by atoms with E-state index >= 15 is 0 Å². The molecular formula is C17H29IO2. The minimum Gasteiger partial charge on any atom is -0.457 e. The van der Waals surface area contributed by atoms with E-state index in [9.17, 15) is 4.79 Å². The van der Waals surface area contributed by atoms with Crippen molar-refractivity contribution in [3.63, 3.8) is 0 Å². The first-order chi connectivity index (χ1) is 9.18. The summed E-state index contributed by atoms with van der Waals surface area (Å²) in [7, 11) is 0. The van der Waals surface area contributed by atoms with Crippen LogP contribution >= 0.6 is 22.6 Å². The number of ether oxygens (including phenoxy) is 1. The van der Waals surface area contributed by atoms with E-state index in [0.29, 0.717) is 11.8 Å². The van der Waals surface area contributed by atoms with E-state index in [4.69, 9.17) is 4.74 Å². The first kappa shape index (κ1) is 16.6. The number of fused-ring (bicyclic) bond motifs is 2. The van der Waals surface area contributed by atoms with Crippen LogP contribution in [0.25, 0.3) is 0 Å². The summed E-state index contributed by atoms with van der Waals surface area (Å²) >= 11 is 2.17.